The first-order valence-electron chi connectivity index (χ1n) is 7.52. The fraction of sp³-hybridized carbons (Fsp3) is 0.529. The van der Waals surface area contributed by atoms with Gasteiger partial charge in [-0.3, -0.25) is 4.79 Å². The maximum absolute atomic E-state index is 12.7. The van der Waals surface area contributed by atoms with E-state index in [9.17, 15) is 9.59 Å². The first-order chi connectivity index (χ1) is 10.6. The summed E-state index contributed by atoms with van der Waals surface area (Å²) in [6.07, 6.45) is 0. The summed E-state index contributed by atoms with van der Waals surface area (Å²) in [5, 5.41) is 8.59. The fourth-order valence-corrected chi connectivity index (χ4v) is 2.95. The summed E-state index contributed by atoms with van der Waals surface area (Å²) in [4.78, 5) is 25.0. The minimum Gasteiger partial charge on any atom is -0.482 e. The molecule has 0 radical (unpaired) electrons. The minimum atomic E-state index is -1.04. The van der Waals surface area contributed by atoms with Gasteiger partial charge in [0.25, 0.3) is 5.91 Å². The molecule has 126 valence electrons. The van der Waals surface area contributed by atoms with Gasteiger partial charge in [-0.05, 0) is 52.0 Å². The molecule has 0 unspecified atom stereocenters. The van der Waals surface area contributed by atoms with E-state index < -0.39 is 23.8 Å². The van der Waals surface area contributed by atoms with Gasteiger partial charge < -0.3 is 19.5 Å². The van der Waals surface area contributed by atoms with Crippen LogP contribution in [0.1, 0.15) is 38.1 Å². The standard InChI is InChI=1S/C17H23NO5/c1-16(2)10-18(11-17(3,4)23-16)15(21)12-5-7-13(8-6-12)22-9-14(19)20/h5-8H,9-11H2,1-4H3,(H,19,20). The maximum Gasteiger partial charge on any atom is 0.341 e. The second-order valence-corrected chi connectivity index (χ2v) is 6.99. The van der Waals surface area contributed by atoms with Crippen molar-refractivity contribution in [1.29, 1.82) is 0 Å². The second kappa shape index (κ2) is 6.20. The molecule has 0 aromatic heterocycles. The fourth-order valence-electron chi connectivity index (χ4n) is 2.95. The van der Waals surface area contributed by atoms with Crippen molar-refractivity contribution < 1.29 is 24.2 Å². The average molecular weight is 321 g/mol. The lowest BCUT2D eigenvalue weighted by Crippen LogP contribution is -2.58. The lowest BCUT2D eigenvalue weighted by Gasteiger charge is -2.47. The molecule has 23 heavy (non-hydrogen) atoms. The van der Waals surface area contributed by atoms with Crippen molar-refractivity contribution >= 4 is 11.9 Å². The predicted octanol–water partition coefficient (Wildman–Crippen LogP) is 2.18. The van der Waals surface area contributed by atoms with Crippen LogP contribution in [0.4, 0.5) is 0 Å². The van der Waals surface area contributed by atoms with Crippen molar-refractivity contribution in [2.45, 2.75) is 38.9 Å². The molecule has 0 spiro atoms. The summed E-state index contributed by atoms with van der Waals surface area (Å²) in [6.45, 7) is 8.51. The minimum absolute atomic E-state index is 0.0702. The molecular weight excluding hydrogens is 298 g/mol. The highest BCUT2D eigenvalue weighted by Crippen LogP contribution is 2.29. The van der Waals surface area contributed by atoms with E-state index in [1.54, 1.807) is 29.2 Å². The Hall–Kier alpha value is -2.08. The lowest BCUT2D eigenvalue weighted by atomic mass is 9.98. The number of ether oxygens (including phenoxy) is 2. The number of morpholine rings is 1. The van der Waals surface area contributed by atoms with Crippen molar-refractivity contribution in [1.82, 2.24) is 4.90 Å². The van der Waals surface area contributed by atoms with Crippen LogP contribution in [-0.2, 0) is 9.53 Å². The first-order valence-corrected chi connectivity index (χ1v) is 7.52. The van der Waals surface area contributed by atoms with E-state index in [2.05, 4.69) is 0 Å². The molecule has 0 saturated carbocycles. The molecular formula is C17H23NO5. The molecule has 1 amide bonds. The summed E-state index contributed by atoms with van der Waals surface area (Å²) in [5.41, 5.74) is -0.259. The molecule has 1 aliphatic heterocycles. The van der Waals surface area contributed by atoms with Crippen molar-refractivity contribution in [3.05, 3.63) is 29.8 Å². The molecule has 0 atom stereocenters. The molecule has 0 aliphatic carbocycles. The summed E-state index contributed by atoms with van der Waals surface area (Å²) in [7, 11) is 0. The summed E-state index contributed by atoms with van der Waals surface area (Å²) in [5.74, 6) is -0.686. The Labute approximate surface area is 136 Å². The molecule has 0 bridgehead atoms. The quantitative estimate of drug-likeness (QED) is 0.920. The highest BCUT2D eigenvalue weighted by atomic mass is 16.5. The van der Waals surface area contributed by atoms with Crippen LogP contribution in [-0.4, -0.2) is 52.8 Å². The number of carbonyl (C=O) groups excluding carboxylic acids is 1. The highest BCUT2D eigenvalue weighted by molar-refractivity contribution is 5.94. The van der Waals surface area contributed by atoms with Gasteiger partial charge in [0.2, 0.25) is 0 Å². The van der Waals surface area contributed by atoms with E-state index in [0.717, 1.165) is 0 Å². The zero-order chi connectivity index (χ0) is 17.3. The molecule has 1 fully saturated rings. The van der Waals surface area contributed by atoms with Crippen molar-refractivity contribution in [2.24, 2.45) is 0 Å². The Morgan fingerprint density at radius 1 is 1.13 bits per heavy atom. The number of carboxylic acids is 1. The van der Waals surface area contributed by atoms with Gasteiger partial charge in [0.05, 0.1) is 11.2 Å². The zero-order valence-electron chi connectivity index (χ0n) is 14.0. The third kappa shape index (κ3) is 4.69. The van der Waals surface area contributed by atoms with E-state index in [-0.39, 0.29) is 5.91 Å². The van der Waals surface area contributed by atoms with Crippen LogP contribution >= 0.6 is 0 Å². The predicted molar refractivity (Wildman–Crippen MR) is 84.7 cm³/mol. The van der Waals surface area contributed by atoms with Gasteiger partial charge >= 0.3 is 5.97 Å². The highest BCUT2D eigenvalue weighted by Gasteiger charge is 2.40. The maximum atomic E-state index is 12.7. The molecule has 1 saturated heterocycles. The average Bonchev–Trinajstić information content (AvgIpc) is 2.41. The zero-order valence-corrected chi connectivity index (χ0v) is 14.0. The van der Waals surface area contributed by atoms with Gasteiger partial charge in [0.15, 0.2) is 6.61 Å². The molecule has 1 aromatic rings. The van der Waals surface area contributed by atoms with Gasteiger partial charge in [0.1, 0.15) is 5.75 Å². The summed E-state index contributed by atoms with van der Waals surface area (Å²) < 4.78 is 11.1. The third-order valence-corrected chi connectivity index (χ3v) is 3.45. The lowest BCUT2D eigenvalue weighted by molar-refractivity contribution is -0.171. The number of aliphatic carboxylic acids is 1. The summed E-state index contributed by atoms with van der Waals surface area (Å²) in [6, 6.07) is 6.50. The van der Waals surface area contributed by atoms with E-state index in [1.807, 2.05) is 27.7 Å². The number of carboxylic acid groups (broad SMARTS) is 1. The molecule has 2 rings (SSSR count). The Morgan fingerprint density at radius 2 is 1.65 bits per heavy atom. The largest absolute Gasteiger partial charge is 0.482 e. The van der Waals surface area contributed by atoms with Crippen LogP contribution in [0.25, 0.3) is 0 Å². The van der Waals surface area contributed by atoms with Gasteiger partial charge in [0, 0.05) is 18.7 Å². The topological polar surface area (TPSA) is 76.1 Å². The van der Waals surface area contributed by atoms with E-state index in [4.69, 9.17) is 14.6 Å². The van der Waals surface area contributed by atoms with Crippen LogP contribution in [0.3, 0.4) is 0 Å². The smallest absolute Gasteiger partial charge is 0.341 e. The number of benzene rings is 1. The number of hydrogen-bond acceptors (Lipinski definition) is 4. The molecule has 1 N–H and O–H groups in total. The van der Waals surface area contributed by atoms with Gasteiger partial charge in [-0.25, -0.2) is 4.79 Å². The monoisotopic (exact) mass is 321 g/mol. The van der Waals surface area contributed by atoms with Crippen LogP contribution in [0.5, 0.6) is 5.75 Å². The Kier molecular flexibility index (Phi) is 4.66. The van der Waals surface area contributed by atoms with Gasteiger partial charge in [-0.1, -0.05) is 0 Å². The third-order valence-electron chi connectivity index (χ3n) is 3.45. The van der Waals surface area contributed by atoms with Crippen LogP contribution in [0.2, 0.25) is 0 Å². The molecule has 1 aromatic carbocycles. The van der Waals surface area contributed by atoms with Crippen LogP contribution in [0.15, 0.2) is 24.3 Å². The normalized spacial score (nSPS) is 19.2. The Morgan fingerprint density at radius 3 is 2.13 bits per heavy atom. The van der Waals surface area contributed by atoms with Gasteiger partial charge in [-0.15, -0.1) is 0 Å². The number of nitrogens with zero attached hydrogens (tertiary/aromatic N) is 1. The van der Waals surface area contributed by atoms with Crippen molar-refractivity contribution in [3.63, 3.8) is 0 Å². The first kappa shape index (κ1) is 17.3. The van der Waals surface area contributed by atoms with Crippen molar-refractivity contribution in [3.8, 4) is 5.75 Å². The van der Waals surface area contributed by atoms with Crippen LogP contribution in [0, 0.1) is 0 Å². The number of hydrogen-bond donors (Lipinski definition) is 1. The number of amides is 1. The molecule has 6 heteroatoms. The van der Waals surface area contributed by atoms with Crippen molar-refractivity contribution in [2.75, 3.05) is 19.7 Å². The summed E-state index contributed by atoms with van der Waals surface area (Å²) >= 11 is 0. The second-order valence-electron chi connectivity index (χ2n) is 6.99. The Balaban J connectivity index is 2.09. The number of rotatable bonds is 4. The Bertz CT molecular complexity index is 576. The van der Waals surface area contributed by atoms with Gasteiger partial charge in [-0.2, -0.15) is 0 Å². The van der Waals surface area contributed by atoms with E-state index >= 15 is 0 Å². The SMILES string of the molecule is CC1(C)CN(C(=O)c2ccc(OCC(=O)O)cc2)CC(C)(C)O1. The number of carbonyl (C=O) groups is 2. The molecule has 1 heterocycles. The van der Waals surface area contributed by atoms with E-state index in [0.29, 0.717) is 24.4 Å². The molecule has 6 nitrogen and oxygen atoms in total. The van der Waals surface area contributed by atoms with E-state index in [1.165, 1.54) is 0 Å². The molecule has 1 aliphatic rings. The van der Waals surface area contributed by atoms with Crippen LogP contribution < -0.4 is 4.74 Å².